The Balaban J connectivity index is 1.48. The summed E-state index contributed by atoms with van der Waals surface area (Å²) in [6.45, 7) is 11.3. The Labute approximate surface area is 149 Å². The second-order valence-corrected chi connectivity index (χ2v) is 7.75. The first-order valence-corrected chi connectivity index (χ1v) is 9.27. The summed E-state index contributed by atoms with van der Waals surface area (Å²) in [4.78, 5) is 31.1. The first-order valence-electron chi connectivity index (χ1n) is 9.27. The van der Waals surface area contributed by atoms with Crippen molar-refractivity contribution in [1.82, 2.24) is 14.7 Å². The number of aryl methyl sites for hydroxylation is 1. The maximum atomic E-state index is 12.6. The van der Waals surface area contributed by atoms with Crippen LogP contribution in [-0.2, 0) is 4.79 Å². The van der Waals surface area contributed by atoms with Crippen LogP contribution in [0.2, 0.25) is 0 Å². The summed E-state index contributed by atoms with van der Waals surface area (Å²) < 4.78 is 5.30. The number of hydrogen-bond donors (Lipinski definition) is 0. The van der Waals surface area contributed by atoms with Crippen molar-refractivity contribution in [2.45, 2.75) is 27.2 Å². The lowest BCUT2D eigenvalue weighted by Gasteiger charge is -2.38. The number of likely N-dealkylation sites (tertiary alicyclic amines) is 1. The van der Waals surface area contributed by atoms with E-state index in [1.54, 1.807) is 6.26 Å². The van der Waals surface area contributed by atoms with Gasteiger partial charge in [0.1, 0.15) is 0 Å². The molecular weight excluding hydrogens is 318 g/mol. The molecule has 0 bridgehead atoms. The molecule has 3 heterocycles. The molecule has 138 valence electrons. The normalized spacial score (nSPS) is 25.2. The molecule has 6 nitrogen and oxygen atoms in total. The standard InChI is InChI=1S/C19H29N3O3/c1-14-10-15(2)12-22(11-14)17(23)13-20-5-7-21(8-6-20)19(24)18-16(3)4-9-25-18/h4,9,14-15H,5-8,10-13H2,1-3H3. The van der Waals surface area contributed by atoms with Gasteiger partial charge in [0.2, 0.25) is 5.91 Å². The minimum atomic E-state index is -0.0489. The Morgan fingerprint density at radius 3 is 2.28 bits per heavy atom. The molecule has 3 rings (SSSR count). The molecule has 0 N–H and O–H groups in total. The maximum absolute atomic E-state index is 12.6. The van der Waals surface area contributed by atoms with E-state index < -0.39 is 0 Å². The van der Waals surface area contributed by atoms with Crippen LogP contribution >= 0.6 is 0 Å². The Hall–Kier alpha value is -1.82. The molecule has 2 atom stereocenters. The van der Waals surface area contributed by atoms with E-state index in [2.05, 4.69) is 18.7 Å². The van der Waals surface area contributed by atoms with Gasteiger partial charge in [-0.2, -0.15) is 0 Å². The van der Waals surface area contributed by atoms with Crippen LogP contribution in [0.1, 0.15) is 36.4 Å². The second kappa shape index (κ2) is 7.60. The number of piperidine rings is 1. The van der Waals surface area contributed by atoms with Gasteiger partial charge in [0, 0.05) is 44.8 Å². The van der Waals surface area contributed by atoms with Gasteiger partial charge in [-0.15, -0.1) is 0 Å². The van der Waals surface area contributed by atoms with Gasteiger partial charge in [-0.3, -0.25) is 14.5 Å². The van der Waals surface area contributed by atoms with E-state index in [-0.39, 0.29) is 11.8 Å². The van der Waals surface area contributed by atoms with Crippen molar-refractivity contribution in [3.05, 3.63) is 23.7 Å². The summed E-state index contributed by atoms with van der Waals surface area (Å²) in [6.07, 6.45) is 2.76. The molecule has 1 aromatic rings. The molecule has 2 fully saturated rings. The lowest BCUT2D eigenvalue weighted by atomic mass is 9.92. The summed E-state index contributed by atoms with van der Waals surface area (Å²) in [5, 5.41) is 0. The van der Waals surface area contributed by atoms with Crippen LogP contribution in [0.25, 0.3) is 0 Å². The van der Waals surface area contributed by atoms with Gasteiger partial charge in [0.25, 0.3) is 5.91 Å². The van der Waals surface area contributed by atoms with Crippen LogP contribution in [0.4, 0.5) is 0 Å². The molecule has 0 aromatic carbocycles. The lowest BCUT2D eigenvalue weighted by Crippen LogP contribution is -2.53. The molecule has 0 spiro atoms. The fourth-order valence-electron chi connectivity index (χ4n) is 4.00. The molecule has 2 amide bonds. The number of nitrogens with zero attached hydrogens (tertiary/aromatic N) is 3. The smallest absolute Gasteiger partial charge is 0.289 e. The lowest BCUT2D eigenvalue weighted by molar-refractivity contribution is -0.135. The summed E-state index contributed by atoms with van der Waals surface area (Å²) in [7, 11) is 0. The zero-order valence-electron chi connectivity index (χ0n) is 15.5. The molecule has 0 aliphatic carbocycles. The first-order chi connectivity index (χ1) is 11.9. The quantitative estimate of drug-likeness (QED) is 0.837. The zero-order valence-corrected chi connectivity index (χ0v) is 15.5. The molecule has 2 aliphatic rings. The van der Waals surface area contributed by atoms with E-state index in [0.29, 0.717) is 37.2 Å². The predicted molar refractivity (Wildman–Crippen MR) is 95.3 cm³/mol. The van der Waals surface area contributed by atoms with Gasteiger partial charge in [0.15, 0.2) is 5.76 Å². The maximum Gasteiger partial charge on any atom is 0.289 e. The van der Waals surface area contributed by atoms with Crippen molar-refractivity contribution in [1.29, 1.82) is 0 Å². The highest BCUT2D eigenvalue weighted by Crippen LogP contribution is 2.21. The zero-order chi connectivity index (χ0) is 18.0. The van der Waals surface area contributed by atoms with Gasteiger partial charge in [-0.1, -0.05) is 13.8 Å². The van der Waals surface area contributed by atoms with E-state index in [1.807, 2.05) is 22.8 Å². The highest BCUT2D eigenvalue weighted by Gasteiger charge is 2.29. The van der Waals surface area contributed by atoms with Crippen molar-refractivity contribution in [2.24, 2.45) is 11.8 Å². The van der Waals surface area contributed by atoms with Crippen LogP contribution < -0.4 is 0 Å². The molecule has 25 heavy (non-hydrogen) atoms. The van der Waals surface area contributed by atoms with Crippen LogP contribution in [-0.4, -0.2) is 72.3 Å². The molecule has 2 saturated heterocycles. The third-order valence-electron chi connectivity index (χ3n) is 5.30. The van der Waals surface area contributed by atoms with Crippen LogP contribution in [0.3, 0.4) is 0 Å². The molecule has 0 radical (unpaired) electrons. The van der Waals surface area contributed by atoms with E-state index in [1.165, 1.54) is 6.42 Å². The Morgan fingerprint density at radius 2 is 1.72 bits per heavy atom. The molecular formula is C19H29N3O3. The minimum Gasteiger partial charge on any atom is -0.459 e. The van der Waals surface area contributed by atoms with E-state index in [0.717, 1.165) is 31.7 Å². The van der Waals surface area contributed by atoms with E-state index in [9.17, 15) is 9.59 Å². The molecule has 2 unspecified atom stereocenters. The van der Waals surface area contributed by atoms with Gasteiger partial charge < -0.3 is 14.2 Å². The molecule has 0 saturated carbocycles. The first kappa shape index (κ1) is 18.0. The summed E-state index contributed by atoms with van der Waals surface area (Å²) in [5.41, 5.74) is 0.871. The number of hydrogen-bond acceptors (Lipinski definition) is 4. The monoisotopic (exact) mass is 347 g/mol. The van der Waals surface area contributed by atoms with Crippen molar-refractivity contribution in [3.8, 4) is 0 Å². The summed E-state index contributed by atoms with van der Waals surface area (Å²) in [5.74, 6) is 1.77. The highest BCUT2D eigenvalue weighted by atomic mass is 16.3. The number of rotatable bonds is 3. The average molecular weight is 347 g/mol. The van der Waals surface area contributed by atoms with E-state index >= 15 is 0 Å². The predicted octanol–water partition coefficient (Wildman–Crippen LogP) is 1.85. The third-order valence-corrected chi connectivity index (χ3v) is 5.30. The number of piperazine rings is 1. The van der Waals surface area contributed by atoms with Gasteiger partial charge in [-0.05, 0) is 31.2 Å². The van der Waals surface area contributed by atoms with Gasteiger partial charge in [0.05, 0.1) is 12.8 Å². The van der Waals surface area contributed by atoms with Crippen molar-refractivity contribution >= 4 is 11.8 Å². The van der Waals surface area contributed by atoms with Crippen LogP contribution in [0.15, 0.2) is 16.7 Å². The van der Waals surface area contributed by atoms with Gasteiger partial charge in [-0.25, -0.2) is 0 Å². The van der Waals surface area contributed by atoms with Crippen molar-refractivity contribution in [3.63, 3.8) is 0 Å². The second-order valence-electron chi connectivity index (χ2n) is 7.75. The topological polar surface area (TPSA) is 57.0 Å². The number of amides is 2. The van der Waals surface area contributed by atoms with E-state index in [4.69, 9.17) is 4.42 Å². The molecule has 6 heteroatoms. The summed E-state index contributed by atoms with van der Waals surface area (Å²) in [6, 6.07) is 1.81. The minimum absolute atomic E-state index is 0.0489. The third kappa shape index (κ3) is 4.24. The molecule has 1 aromatic heterocycles. The Bertz CT molecular complexity index is 609. The van der Waals surface area contributed by atoms with Gasteiger partial charge >= 0.3 is 0 Å². The van der Waals surface area contributed by atoms with Crippen molar-refractivity contribution < 1.29 is 14.0 Å². The average Bonchev–Trinajstić information content (AvgIpc) is 3.00. The highest BCUT2D eigenvalue weighted by molar-refractivity contribution is 5.92. The fraction of sp³-hybridized carbons (Fsp3) is 0.684. The SMILES string of the molecule is Cc1ccoc1C(=O)N1CCN(CC(=O)N2CC(C)CC(C)C2)CC1. The van der Waals surface area contributed by atoms with Crippen LogP contribution in [0.5, 0.6) is 0 Å². The summed E-state index contributed by atoms with van der Waals surface area (Å²) >= 11 is 0. The Morgan fingerprint density at radius 1 is 1.08 bits per heavy atom. The number of furan rings is 1. The largest absolute Gasteiger partial charge is 0.459 e. The number of carbonyl (C=O) groups is 2. The molecule has 2 aliphatic heterocycles. The fourth-order valence-corrected chi connectivity index (χ4v) is 4.00. The Kier molecular flexibility index (Phi) is 5.47. The van der Waals surface area contributed by atoms with Crippen molar-refractivity contribution in [2.75, 3.05) is 45.8 Å². The van der Waals surface area contributed by atoms with Crippen LogP contribution in [0, 0.1) is 18.8 Å². The number of carbonyl (C=O) groups excluding carboxylic acids is 2.